The molecular formula is C20H20LiO3PS. The number of rotatable bonds is 4. The summed E-state index contributed by atoms with van der Waals surface area (Å²) < 4.78 is 31.9. The summed E-state index contributed by atoms with van der Waals surface area (Å²) in [6, 6.07) is 23.1. The third-order valence-corrected chi connectivity index (χ3v) is 7.76. The van der Waals surface area contributed by atoms with Gasteiger partial charge in [0.2, 0.25) is 0 Å². The Hall–Kier alpha value is -1.40. The molecule has 3 aromatic rings. The first-order valence-electron chi connectivity index (χ1n) is 7.87. The Morgan fingerprint density at radius 2 is 1.15 bits per heavy atom. The van der Waals surface area contributed by atoms with Crippen LogP contribution in [0, 0.1) is 13.8 Å². The fourth-order valence-electron chi connectivity index (χ4n) is 2.80. The van der Waals surface area contributed by atoms with Crippen molar-refractivity contribution in [1.29, 1.82) is 0 Å². The predicted octanol–water partition coefficient (Wildman–Crippen LogP) is 2.66. The van der Waals surface area contributed by atoms with Gasteiger partial charge in [-0.3, -0.25) is 4.55 Å². The van der Waals surface area contributed by atoms with Crippen LogP contribution < -0.4 is 15.9 Å². The van der Waals surface area contributed by atoms with Crippen molar-refractivity contribution in [2.75, 3.05) is 0 Å². The second kappa shape index (κ2) is 8.52. The normalized spacial score (nSPS) is 11.2. The van der Waals surface area contributed by atoms with Gasteiger partial charge >= 0.3 is 18.9 Å². The number of hydrogen-bond acceptors (Lipinski definition) is 2. The molecule has 0 unspecified atom stereocenters. The Bertz CT molecular complexity index is 956. The average molecular weight is 378 g/mol. The van der Waals surface area contributed by atoms with E-state index in [2.05, 4.69) is 38.1 Å². The van der Waals surface area contributed by atoms with Gasteiger partial charge in [-0.1, -0.05) is 60.7 Å². The van der Waals surface area contributed by atoms with E-state index in [4.69, 9.17) is 0 Å². The summed E-state index contributed by atoms with van der Waals surface area (Å²) in [4.78, 5) is -0.0826. The van der Waals surface area contributed by atoms with Gasteiger partial charge in [-0.2, -0.15) is 8.42 Å². The summed E-state index contributed by atoms with van der Waals surface area (Å²) in [5, 5.41) is 3.53. The van der Waals surface area contributed by atoms with Gasteiger partial charge < -0.3 is 0 Å². The van der Waals surface area contributed by atoms with Crippen LogP contribution in [0.25, 0.3) is 0 Å². The van der Waals surface area contributed by atoms with Crippen LogP contribution in [0.2, 0.25) is 0 Å². The van der Waals surface area contributed by atoms with E-state index in [1.165, 1.54) is 33.9 Å². The zero-order valence-corrected chi connectivity index (χ0v) is 15.8. The van der Waals surface area contributed by atoms with Gasteiger partial charge in [-0.25, -0.2) is 0 Å². The Labute approximate surface area is 168 Å². The van der Waals surface area contributed by atoms with E-state index >= 15 is 0 Å². The third-order valence-electron chi connectivity index (χ3n) is 4.11. The van der Waals surface area contributed by atoms with Gasteiger partial charge in [0, 0.05) is 0 Å². The molecule has 0 aliphatic carbocycles. The number of aryl methyl sites for hydroxylation is 2. The molecule has 0 radical (unpaired) electrons. The van der Waals surface area contributed by atoms with Crippen LogP contribution in [0.15, 0.2) is 77.7 Å². The third kappa shape index (κ3) is 4.46. The number of benzene rings is 3. The molecule has 0 fully saturated rings. The fourth-order valence-corrected chi connectivity index (χ4v) is 5.87. The van der Waals surface area contributed by atoms with Crippen LogP contribution in [0.5, 0.6) is 0 Å². The molecule has 0 spiro atoms. The molecule has 0 saturated heterocycles. The van der Waals surface area contributed by atoms with Crippen LogP contribution in [0.1, 0.15) is 11.1 Å². The first kappa shape index (κ1) is 20.9. The van der Waals surface area contributed by atoms with Crippen molar-refractivity contribution < 1.29 is 13.0 Å². The van der Waals surface area contributed by atoms with Gasteiger partial charge in [0.05, 0.1) is 4.90 Å². The molecule has 3 nitrogen and oxygen atoms in total. The Morgan fingerprint density at radius 1 is 0.731 bits per heavy atom. The molecule has 0 aliphatic rings. The Morgan fingerprint density at radius 3 is 1.54 bits per heavy atom. The first-order chi connectivity index (χ1) is 11.9. The molecule has 130 valence electrons. The molecule has 26 heavy (non-hydrogen) atoms. The van der Waals surface area contributed by atoms with Crippen molar-refractivity contribution in [3.05, 3.63) is 83.9 Å². The Balaban J connectivity index is 0.00000243. The minimum atomic E-state index is -4.18. The molecule has 0 heterocycles. The van der Waals surface area contributed by atoms with E-state index < -0.39 is 18.0 Å². The number of hydrogen-bond donors (Lipinski definition) is 1. The molecule has 0 bridgehead atoms. The van der Waals surface area contributed by atoms with Crippen LogP contribution >= 0.6 is 7.92 Å². The maximum atomic E-state index is 11.3. The quantitative estimate of drug-likeness (QED) is 0.432. The van der Waals surface area contributed by atoms with Crippen molar-refractivity contribution in [2.24, 2.45) is 0 Å². The standard InChI is InChI=1S/C20H19O3PS.Li.H/c1-15-7-3-5-9-19(15)24(20-10-6-4-8-16(20)2)17-11-13-18(14-12-17)25(21,22)23;;/h3-14H,1-2H3,(H,21,22,23);;. The molecule has 0 aromatic heterocycles. The van der Waals surface area contributed by atoms with E-state index in [-0.39, 0.29) is 23.8 Å². The van der Waals surface area contributed by atoms with Gasteiger partial charge in [-0.15, -0.1) is 0 Å². The molecule has 3 aromatic carbocycles. The van der Waals surface area contributed by atoms with E-state index in [0.717, 1.165) is 5.30 Å². The predicted molar refractivity (Wildman–Crippen MR) is 112 cm³/mol. The fraction of sp³-hybridized carbons (Fsp3) is 0.100. The topological polar surface area (TPSA) is 54.4 Å². The monoisotopic (exact) mass is 378 g/mol. The van der Waals surface area contributed by atoms with E-state index in [1.807, 2.05) is 24.3 Å². The van der Waals surface area contributed by atoms with Crippen molar-refractivity contribution >= 4 is 52.8 Å². The molecule has 0 amide bonds. The van der Waals surface area contributed by atoms with Gasteiger partial charge in [0.15, 0.2) is 0 Å². The van der Waals surface area contributed by atoms with Crippen molar-refractivity contribution in [3.8, 4) is 0 Å². The summed E-state index contributed by atoms with van der Waals surface area (Å²) in [5.74, 6) is 0. The zero-order chi connectivity index (χ0) is 18.0. The van der Waals surface area contributed by atoms with Gasteiger partial charge in [0.25, 0.3) is 10.1 Å². The molecule has 0 atom stereocenters. The molecule has 6 heteroatoms. The molecule has 0 aliphatic heterocycles. The van der Waals surface area contributed by atoms with Gasteiger partial charge in [0.1, 0.15) is 0 Å². The molecular weight excluding hydrogens is 358 g/mol. The van der Waals surface area contributed by atoms with Crippen molar-refractivity contribution in [2.45, 2.75) is 18.7 Å². The van der Waals surface area contributed by atoms with Crippen LogP contribution in [0.4, 0.5) is 0 Å². The molecule has 3 rings (SSSR count). The minimum absolute atomic E-state index is 0. The average Bonchev–Trinajstić information content (AvgIpc) is 2.58. The summed E-state index contributed by atoms with van der Waals surface area (Å²) >= 11 is 0. The summed E-state index contributed by atoms with van der Waals surface area (Å²) in [7, 11) is -5.00. The Kier molecular flexibility index (Phi) is 6.85. The summed E-state index contributed by atoms with van der Waals surface area (Å²) in [5.41, 5.74) is 2.41. The van der Waals surface area contributed by atoms with Crippen molar-refractivity contribution in [3.63, 3.8) is 0 Å². The van der Waals surface area contributed by atoms with Crippen LogP contribution in [-0.2, 0) is 10.1 Å². The van der Waals surface area contributed by atoms with Crippen LogP contribution in [-0.4, -0.2) is 31.8 Å². The first-order valence-corrected chi connectivity index (χ1v) is 10.6. The van der Waals surface area contributed by atoms with Crippen molar-refractivity contribution in [1.82, 2.24) is 0 Å². The maximum absolute atomic E-state index is 11.3. The molecule has 0 saturated carbocycles. The van der Waals surface area contributed by atoms with Crippen LogP contribution in [0.3, 0.4) is 0 Å². The second-order valence-corrected chi connectivity index (χ2v) is 9.45. The molecule has 1 N–H and O–H groups in total. The van der Waals surface area contributed by atoms with Gasteiger partial charge in [-0.05, 0) is 60.9 Å². The summed E-state index contributed by atoms with van der Waals surface area (Å²) in [6.07, 6.45) is 0. The zero-order valence-electron chi connectivity index (χ0n) is 14.0. The van der Waals surface area contributed by atoms with E-state index in [1.54, 1.807) is 12.1 Å². The van der Waals surface area contributed by atoms with E-state index in [9.17, 15) is 13.0 Å². The SMILES string of the molecule is Cc1ccccc1P(c1ccc(S(=O)(=O)O)cc1)c1ccccc1C.[LiH]. The second-order valence-electron chi connectivity index (χ2n) is 5.88. The van der Waals surface area contributed by atoms with E-state index in [0.29, 0.717) is 0 Å². The summed E-state index contributed by atoms with van der Waals surface area (Å²) in [6.45, 7) is 4.19.